The van der Waals surface area contributed by atoms with Crippen LogP contribution in [0.25, 0.3) is 0 Å². The quantitative estimate of drug-likeness (QED) is 0.853. The Hall–Kier alpha value is -1.45. The number of nitrogens with one attached hydrogen (secondary N) is 1. The summed E-state index contributed by atoms with van der Waals surface area (Å²) in [5.74, 6) is 1.11. The standard InChI is InChI=1S/C12H20N2O2/c1-12(2,3)8-13-9-6-7-10(15-4)14-11(9)16-5/h6-7,13H,8H2,1-5H3. The van der Waals surface area contributed by atoms with Gasteiger partial charge in [-0.1, -0.05) is 20.8 Å². The number of ether oxygens (including phenoxy) is 2. The molecular weight excluding hydrogens is 204 g/mol. The van der Waals surface area contributed by atoms with Crippen LogP contribution in [-0.4, -0.2) is 25.7 Å². The van der Waals surface area contributed by atoms with Gasteiger partial charge in [0.05, 0.1) is 19.9 Å². The molecule has 1 aromatic rings. The summed E-state index contributed by atoms with van der Waals surface area (Å²) in [5, 5.41) is 3.31. The minimum atomic E-state index is 0.213. The second-order valence-electron chi connectivity index (χ2n) is 4.82. The van der Waals surface area contributed by atoms with Crippen molar-refractivity contribution in [3.05, 3.63) is 12.1 Å². The average Bonchev–Trinajstić information content (AvgIpc) is 2.25. The minimum absolute atomic E-state index is 0.213. The number of anilines is 1. The van der Waals surface area contributed by atoms with Gasteiger partial charge in [0, 0.05) is 12.6 Å². The maximum absolute atomic E-state index is 5.20. The molecule has 1 N–H and O–H groups in total. The maximum atomic E-state index is 5.20. The van der Waals surface area contributed by atoms with Crippen molar-refractivity contribution in [3.63, 3.8) is 0 Å². The van der Waals surface area contributed by atoms with E-state index in [1.54, 1.807) is 14.2 Å². The summed E-state index contributed by atoms with van der Waals surface area (Å²) in [6.07, 6.45) is 0. The molecule has 0 aliphatic heterocycles. The van der Waals surface area contributed by atoms with Crippen molar-refractivity contribution in [2.24, 2.45) is 5.41 Å². The second-order valence-corrected chi connectivity index (χ2v) is 4.82. The van der Waals surface area contributed by atoms with Crippen LogP contribution in [0.15, 0.2) is 12.1 Å². The van der Waals surface area contributed by atoms with E-state index in [9.17, 15) is 0 Å². The van der Waals surface area contributed by atoms with Gasteiger partial charge in [-0.2, -0.15) is 4.98 Å². The van der Waals surface area contributed by atoms with Gasteiger partial charge in [0.1, 0.15) is 0 Å². The summed E-state index contributed by atoms with van der Waals surface area (Å²) < 4.78 is 10.2. The molecule has 90 valence electrons. The largest absolute Gasteiger partial charge is 0.481 e. The molecule has 0 aliphatic rings. The van der Waals surface area contributed by atoms with Crippen molar-refractivity contribution in [1.29, 1.82) is 0 Å². The van der Waals surface area contributed by atoms with Crippen LogP contribution in [-0.2, 0) is 0 Å². The van der Waals surface area contributed by atoms with Crippen LogP contribution < -0.4 is 14.8 Å². The van der Waals surface area contributed by atoms with Crippen LogP contribution in [0.2, 0.25) is 0 Å². The fourth-order valence-corrected chi connectivity index (χ4v) is 1.19. The van der Waals surface area contributed by atoms with E-state index in [2.05, 4.69) is 31.1 Å². The summed E-state index contributed by atoms with van der Waals surface area (Å²) in [5.41, 5.74) is 1.10. The third-order valence-electron chi connectivity index (χ3n) is 2.05. The zero-order valence-corrected chi connectivity index (χ0v) is 10.6. The number of nitrogens with zero attached hydrogens (tertiary/aromatic N) is 1. The third kappa shape index (κ3) is 3.61. The number of methoxy groups -OCH3 is 2. The number of aromatic nitrogens is 1. The van der Waals surface area contributed by atoms with Crippen molar-refractivity contribution in [3.8, 4) is 11.8 Å². The number of hydrogen-bond donors (Lipinski definition) is 1. The van der Waals surface area contributed by atoms with E-state index in [0.29, 0.717) is 11.8 Å². The van der Waals surface area contributed by atoms with Gasteiger partial charge in [-0.15, -0.1) is 0 Å². The first-order valence-corrected chi connectivity index (χ1v) is 5.29. The van der Waals surface area contributed by atoms with Gasteiger partial charge in [-0.05, 0) is 11.5 Å². The normalized spacial score (nSPS) is 11.1. The molecule has 0 bridgehead atoms. The highest BCUT2D eigenvalue weighted by Crippen LogP contribution is 2.26. The molecule has 1 aromatic heterocycles. The van der Waals surface area contributed by atoms with Crippen LogP contribution in [0.3, 0.4) is 0 Å². The van der Waals surface area contributed by atoms with Crippen molar-refractivity contribution in [1.82, 2.24) is 4.98 Å². The molecule has 0 saturated heterocycles. The van der Waals surface area contributed by atoms with E-state index in [4.69, 9.17) is 9.47 Å². The van der Waals surface area contributed by atoms with Gasteiger partial charge in [-0.3, -0.25) is 0 Å². The van der Waals surface area contributed by atoms with E-state index < -0.39 is 0 Å². The predicted octanol–water partition coefficient (Wildman–Crippen LogP) is 2.56. The number of pyridine rings is 1. The maximum Gasteiger partial charge on any atom is 0.240 e. The van der Waals surface area contributed by atoms with Crippen LogP contribution in [0, 0.1) is 5.41 Å². The van der Waals surface area contributed by atoms with Crippen LogP contribution >= 0.6 is 0 Å². The fraction of sp³-hybridized carbons (Fsp3) is 0.583. The molecule has 1 heterocycles. The zero-order chi connectivity index (χ0) is 12.2. The third-order valence-corrected chi connectivity index (χ3v) is 2.05. The molecule has 16 heavy (non-hydrogen) atoms. The summed E-state index contributed by atoms with van der Waals surface area (Å²) in [7, 11) is 3.19. The van der Waals surface area contributed by atoms with Gasteiger partial charge in [0.15, 0.2) is 0 Å². The average molecular weight is 224 g/mol. The fourth-order valence-electron chi connectivity index (χ4n) is 1.19. The van der Waals surface area contributed by atoms with Gasteiger partial charge < -0.3 is 14.8 Å². The first kappa shape index (κ1) is 12.6. The lowest BCUT2D eigenvalue weighted by Crippen LogP contribution is -2.19. The van der Waals surface area contributed by atoms with E-state index in [1.165, 1.54) is 0 Å². The Morgan fingerprint density at radius 3 is 2.38 bits per heavy atom. The molecule has 4 heteroatoms. The van der Waals surface area contributed by atoms with Crippen molar-refractivity contribution in [2.75, 3.05) is 26.1 Å². The molecule has 0 amide bonds. The van der Waals surface area contributed by atoms with Gasteiger partial charge >= 0.3 is 0 Å². The van der Waals surface area contributed by atoms with E-state index in [0.717, 1.165) is 12.2 Å². The van der Waals surface area contributed by atoms with Gasteiger partial charge in [0.2, 0.25) is 11.8 Å². The molecule has 0 aliphatic carbocycles. The molecule has 4 nitrogen and oxygen atoms in total. The van der Waals surface area contributed by atoms with Crippen molar-refractivity contribution < 1.29 is 9.47 Å². The van der Waals surface area contributed by atoms with Crippen molar-refractivity contribution >= 4 is 5.69 Å². The monoisotopic (exact) mass is 224 g/mol. The molecule has 0 atom stereocenters. The molecule has 0 saturated carbocycles. The lowest BCUT2D eigenvalue weighted by molar-refractivity contribution is 0.365. The van der Waals surface area contributed by atoms with Crippen LogP contribution in [0.5, 0.6) is 11.8 Å². The summed E-state index contributed by atoms with van der Waals surface area (Å²) in [6.45, 7) is 7.37. The van der Waals surface area contributed by atoms with E-state index in [1.807, 2.05) is 12.1 Å². The summed E-state index contributed by atoms with van der Waals surface area (Å²) in [6, 6.07) is 3.73. The van der Waals surface area contributed by atoms with Crippen molar-refractivity contribution in [2.45, 2.75) is 20.8 Å². The topological polar surface area (TPSA) is 43.4 Å². The van der Waals surface area contributed by atoms with Gasteiger partial charge in [0.25, 0.3) is 0 Å². The molecular formula is C12H20N2O2. The van der Waals surface area contributed by atoms with Crippen LogP contribution in [0.4, 0.5) is 5.69 Å². The Kier molecular flexibility index (Phi) is 3.99. The summed E-state index contributed by atoms with van der Waals surface area (Å²) in [4.78, 5) is 4.20. The predicted molar refractivity (Wildman–Crippen MR) is 65.3 cm³/mol. The summed E-state index contributed by atoms with van der Waals surface area (Å²) >= 11 is 0. The second kappa shape index (κ2) is 5.05. The zero-order valence-electron chi connectivity index (χ0n) is 10.6. The smallest absolute Gasteiger partial charge is 0.240 e. The molecule has 0 unspecified atom stereocenters. The van der Waals surface area contributed by atoms with Gasteiger partial charge in [-0.25, -0.2) is 0 Å². The molecule has 1 rings (SSSR count). The minimum Gasteiger partial charge on any atom is -0.481 e. The number of hydrogen-bond acceptors (Lipinski definition) is 4. The Bertz CT molecular complexity index is 345. The van der Waals surface area contributed by atoms with E-state index >= 15 is 0 Å². The lowest BCUT2D eigenvalue weighted by atomic mass is 9.97. The highest BCUT2D eigenvalue weighted by Gasteiger charge is 2.12. The number of rotatable bonds is 4. The highest BCUT2D eigenvalue weighted by atomic mass is 16.5. The molecule has 0 spiro atoms. The Balaban J connectivity index is 2.79. The highest BCUT2D eigenvalue weighted by molar-refractivity contribution is 5.53. The Morgan fingerprint density at radius 2 is 1.88 bits per heavy atom. The molecule has 0 radical (unpaired) electrons. The first-order valence-electron chi connectivity index (χ1n) is 5.29. The van der Waals surface area contributed by atoms with E-state index in [-0.39, 0.29) is 5.41 Å². The van der Waals surface area contributed by atoms with Crippen LogP contribution in [0.1, 0.15) is 20.8 Å². The molecule has 0 aromatic carbocycles. The first-order chi connectivity index (χ1) is 7.46. The molecule has 0 fully saturated rings. The Labute approximate surface area is 97.0 Å². The SMILES string of the molecule is COc1ccc(NCC(C)(C)C)c(OC)n1. The lowest BCUT2D eigenvalue weighted by Gasteiger charge is -2.20. The Morgan fingerprint density at radius 1 is 1.19 bits per heavy atom.